The zero-order valence-electron chi connectivity index (χ0n) is 7.13. The summed E-state index contributed by atoms with van der Waals surface area (Å²) in [6, 6.07) is 0. The molecule has 1 rings (SSSR count). The number of oxazole rings is 1. The van der Waals surface area contributed by atoms with Crippen LogP contribution in [-0.2, 0) is 11.2 Å². The van der Waals surface area contributed by atoms with Crippen LogP contribution in [0.5, 0.6) is 0 Å². The molecule has 0 radical (unpaired) electrons. The monoisotopic (exact) mass is 155 g/mol. The van der Waals surface area contributed by atoms with Gasteiger partial charge >= 0.3 is 0 Å². The molecule has 0 N–H and O–H groups in total. The summed E-state index contributed by atoms with van der Waals surface area (Å²) in [6.07, 6.45) is 2.57. The van der Waals surface area contributed by atoms with E-state index in [0.717, 1.165) is 18.0 Å². The first-order chi connectivity index (χ1) is 5.22. The van der Waals surface area contributed by atoms with Crippen LogP contribution in [0.2, 0.25) is 0 Å². The number of hydrogen-bond donors (Lipinski definition) is 0. The molecule has 1 aromatic rings. The van der Waals surface area contributed by atoms with Gasteiger partial charge in [-0.25, -0.2) is 4.98 Å². The van der Waals surface area contributed by atoms with E-state index in [2.05, 4.69) is 4.98 Å². The first kappa shape index (κ1) is 8.27. The standard InChI is InChI=1S/C8H13NO2/c1-6-5-11-8(9-6)4-7(2)10-3/h5,7H,4H2,1-3H3. The molecule has 1 heterocycles. The lowest BCUT2D eigenvalue weighted by Gasteiger charge is -2.04. The molecule has 3 heteroatoms. The van der Waals surface area contributed by atoms with Crippen molar-refractivity contribution in [1.29, 1.82) is 0 Å². The highest BCUT2D eigenvalue weighted by molar-refractivity contribution is 4.93. The largest absolute Gasteiger partial charge is 0.449 e. The minimum atomic E-state index is 0.174. The lowest BCUT2D eigenvalue weighted by molar-refractivity contribution is 0.112. The summed E-state index contributed by atoms with van der Waals surface area (Å²) < 4.78 is 10.2. The van der Waals surface area contributed by atoms with Crippen molar-refractivity contribution in [2.75, 3.05) is 7.11 Å². The van der Waals surface area contributed by atoms with Gasteiger partial charge in [0.1, 0.15) is 6.26 Å². The second-order valence-corrected chi connectivity index (χ2v) is 2.63. The average molecular weight is 155 g/mol. The smallest absolute Gasteiger partial charge is 0.196 e. The van der Waals surface area contributed by atoms with Crippen molar-refractivity contribution >= 4 is 0 Å². The number of aryl methyl sites for hydroxylation is 1. The Morgan fingerprint density at radius 2 is 2.45 bits per heavy atom. The molecular formula is C8H13NO2. The minimum Gasteiger partial charge on any atom is -0.449 e. The number of methoxy groups -OCH3 is 1. The van der Waals surface area contributed by atoms with Gasteiger partial charge in [0, 0.05) is 7.11 Å². The van der Waals surface area contributed by atoms with Crippen molar-refractivity contribution in [2.24, 2.45) is 0 Å². The van der Waals surface area contributed by atoms with E-state index >= 15 is 0 Å². The van der Waals surface area contributed by atoms with Gasteiger partial charge in [-0.3, -0.25) is 0 Å². The molecule has 0 saturated carbocycles. The van der Waals surface area contributed by atoms with Crippen molar-refractivity contribution in [3.63, 3.8) is 0 Å². The molecule has 0 spiro atoms. The summed E-state index contributed by atoms with van der Waals surface area (Å²) in [5, 5.41) is 0. The van der Waals surface area contributed by atoms with Gasteiger partial charge in [0.2, 0.25) is 0 Å². The van der Waals surface area contributed by atoms with E-state index in [1.54, 1.807) is 13.4 Å². The fourth-order valence-electron chi connectivity index (χ4n) is 0.826. The van der Waals surface area contributed by atoms with E-state index in [-0.39, 0.29) is 6.10 Å². The van der Waals surface area contributed by atoms with Crippen molar-refractivity contribution < 1.29 is 9.15 Å². The molecule has 0 aromatic carbocycles. The Balaban J connectivity index is 2.50. The Labute approximate surface area is 66.4 Å². The van der Waals surface area contributed by atoms with E-state index < -0.39 is 0 Å². The van der Waals surface area contributed by atoms with Crippen molar-refractivity contribution in [2.45, 2.75) is 26.4 Å². The van der Waals surface area contributed by atoms with Crippen molar-refractivity contribution in [1.82, 2.24) is 4.98 Å². The SMILES string of the molecule is COC(C)Cc1nc(C)co1. The molecular weight excluding hydrogens is 142 g/mol. The Morgan fingerprint density at radius 3 is 2.91 bits per heavy atom. The van der Waals surface area contributed by atoms with Crippen LogP contribution in [0.4, 0.5) is 0 Å². The van der Waals surface area contributed by atoms with Gasteiger partial charge in [0.15, 0.2) is 5.89 Å². The van der Waals surface area contributed by atoms with Crippen LogP contribution in [-0.4, -0.2) is 18.2 Å². The summed E-state index contributed by atoms with van der Waals surface area (Å²) in [5.41, 5.74) is 0.920. The second kappa shape index (κ2) is 3.53. The fraction of sp³-hybridized carbons (Fsp3) is 0.625. The number of aromatic nitrogens is 1. The van der Waals surface area contributed by atoms with Gasteiger partial charge in [-0.2, -0.15) is 0 Å². The molecule has 11 heavy (non-hydrogen) atoms. The highest BCUT2D eigenvalue weighted by Gasteiger charge is 2.05. The molecule has 0 aliphatic heterocycles. The average Bonchev–Trinajstić information content (AvgIpc) is 2.35. The lowest BCUT2D eigenvalue weighted by atomic mass is 10.3. The van der Waals surface area contributed by atoms with Gasteiger partial charge in [-0.1, -0.05) is 0 Å². The number of ether oxygens (including phenoxy) is 1. The summed E-state index contributed by atoms with van der Waals surface area (Å²) in [6.45, 7) is 3.89. The quantitative estimate of drug-likeness (QED) is 0.664. The molecule has 0 saturated heterocycles. The van der Waals surface area contributed by atoms with Crippen LogP contribution >= 0.6 is 0 Å². The Hall–Kier alpha value is -0.830. The molecule has 0 bridgehead atoms. The molecule has 0 aliphatic carbocycles. The van der Waals surface area contributed by atoms with Crippen LogP contribution in [0, 0.1) is 6.92 Å². The number of hydrogen-bond acceptors (Lipinski definition) is 3. The first-order valence-electron chi connectivity index (χ1n) is 3.66. The van der Waals surface area contributed by atoms with Gasteiger partial charge in [-0.15, -0.1) is 0 Å². The molecule has 1 aromatic heterocycles. The Morgan fingerprint density at radius 1 is 1.73 bits per heavy atom. The minimum absolute atomic E-state index is 0.174. The molecule has 0 amide bonds. The molecule has 3 nitrogen and oxygen atoms in total. The summed E-state index contributed by atoms with van der Waals surface area (Å²) in [5.74, 6) is 0.747. The van der Waals surface area contributed by atoms with E-state index in [1.165, 1.54) is 0 Å². The predicted molar refractivity (Wildman–Crippen MR) is 41.4 cm³/mol. The molecule has 0 aliphatic rings. The predicted octanol–water partition coefficient (Wildman–Crippen LogP) is 1.56. The highest BCUT2D eigenvalue weighted by Crippen LogP contribution is 2.04. The van der Waals surface area contributed by atoms with Crippen LogP contribution in [0.15, 0.2) is 10.7 Å². The van der Waals surface area contributed by atoms with Crippen LogP contribution in [0.1, 0.15) is 18.5 Å². The molecule has 1 atom stereocenters. The van der Waals surface area contributed by atoms with E-state index in [1.807, 2.05) is 13.8 Å². The van der Waals surface area contributed by atoms with E-state index in [0.29, 0.717) is 0 Å². The third kappa shape index (κ3) is 2.35. The van der Waals surface area contributed by atoms with Gasteiger partial charge in [0.05, 0.1) is 18.2 Å². The zero-order valence-corrected chi connectivity index (χ0v) is 7.13. The first-order valence-corrected chi connectivity index (χ1v) is 3.66. The fourth-order valence-corrected chi connectivity index (χ4v) is 0.826. The maximum absolute atomic E-state index is 5.15. The summed E-state index contributed by atoms with van der Waals surface area (Å²) in [4.78, 5) is 4.15. The molecule has 0 fully saturated rings. The third-order valence-electron chi connectivity index (χ3n) is 1.53. The number of rotatable bonds is 3. The zero-order chi connectivity index (χ0) is 8.27. The van der Waals surface area contributed by atoms with Gasteiger partial charge in [0.25, 0.3) is 0 Å². The Kier molecular flexibility index (Phi) is 2.65. The van der Waals surface area contributed by atoms with Crippen molar-refractivity contribution in [3.05, 3.63) is 17.8 Å². The van der Waals surface area contributed by atoms with E-state index in [9.17, 15) is 0 Å². The molecule has 62 valence electrons. The normalized spacial score (nSPS) is 13.4. The molecule has 1 unspecified atom stereocenters. The second-order valence-electron chi connectivity index (χ2n) is 2.63. The third-order valence-corrected chi connectivity index (χ3v) is 1.53. The van der Waals surface area contributed by atoms with E-state index in [4.69, 9.17) is 9.15 Å². The van der Waals surface area contributed by atoms with Crippen LogP contribution in [0.25, 0.3) is 0 Å². The van der Waals surface area contributed by atoms with Crippen LogP contribution < -0.4 is 0 Å². The summed E-state index contributed by atoms with van der Waals surface area (Å²) >= 11 is 0. The summed E-state index contributed by atoms with van der Waals surface area (Å²) in [7, 11) is 1.68. The number of nitrogens with zero attached hydrogens (tertiary/aromatic N) is 1. The lowest BCUT2D eigenvalue weighted by Crippen LogP contribution is -2.08. The maximum atomic E-state index is 5.15. The Bertz CT molecular complexity index is 220. The topological polar surface area (TPSA) is 35.3 Å². The van der Waals surface area contributed by atoms with Gasteiger partial charge in [-0.05, 0) is 13.8 Å². The van der Waals surface area contributed by atoms with Crippen molar-refractivity contribution in [3.8, 4) is 0 Å². The maximum Gasteiger partial charge on any atom is 0.196 e. The van der Waals surface area contributed by atoms with Gasteiger partial charge < -0.3 is 9.15 Å². The van der Waals surface area contributed by atoms with Crippen LogP contribution in [0.3, 0.4) is 0 Å². The highest BCUT2D eigenvalue weighted by atomic mass is 16.5.